The van der Waals surface area contributed by atoms with Crippen molar-refractivity contribution in [2.24, 2.45) is 0 Å². The second kappa shape index (κ2) is 9.16. The fourth-order valence-electron chi connectivity index (χ4n) is 4.46. The van der Waals surface area contributed by atoms with Crippen LogP contribution in [0.5, 0.6) is 0 Å². The van der Waals surface area contributed by atoms with Gasteiger partial charge in [-0.3, -0.25) is 0 Å². The molecular weight excluding hydrogens is 380 g/mol. The normalized spacial score (nSPS) is 29.2. The number of hydrogen-bond acceptors (Lipinski definition) is 5. The predicted octanol–water partition coefficient (Wildman–Crippen LogP) is 2.62. The van der Waals surface area contributed by atoms with Gasteiger partial charge in [0.25, 0.3) is 0 Å². The van der Waals surface area contributed by atoms with Crippen molar-refractivity contribution in [2.45, 2.75) is 75.5 Å². The molecule has 0 amide bonds. The summed E-state index contributed by atoms with van der Waals surface area (Å²) in [5.41, 5.74) is 5.88. The summed E-state index contributed by atoms with van der Waals surface area (Å²) in [6.45, 7) is 1.76. The number of benzene rings is 2. The van der Waals surface area contributed by atoms with Crippen LogP contribution in [0.2, 0.25) is 0 Å². The summed E-state index contributed by atoms with van der Waals surface area (Å²) in [6.07, 6.45) is -0.243. The van der Waals surface area contributed by atoms with Crippen molar-refractivity contribution in [1.29, 1.82) is 0 Å². The van der Waals surface area contributed by atoms with Crippen LogP contribution in [0.25, 0.3) is 0 Å². The number of aryl methyl sites for hydroxylation is 1. The lowest BCUT2D eigenvalue weighted by atomic mass is 9.88. The molecule has 0 unspecified atom stereocenters. The molecule has 2 aromatic rings. The standard InChI is InChI=1S/C25H32O5/c1-2-3-15-4-6-16(7-5-15)12-19-13-18(10-11-20(19)17-8-9-17)25-24(29)23(28)22(27)21(14-26)30-25/h4-7,10-11,13,17,21-29H,2-3,8-9,12,14H2,1H3/t21-,22-,23+,24-,25+/m1/s1. The highest BCUT2D eigenvalue weighted by Crippen LogP contribution is 2.43. The van der Waals surface area contributed by atoms with Crippen LogP contribution in [0.4, 0.5) is 0 Å². The van der Waals surface area contributed by atoms with Gasteiger partial charge in [0.05, 0.1) is 6.61 Å². The molecule has 0 radical (unpaired) electrons. The fraction of sp³-hybridized carbons (Fsp3) is 0.520. The number of hydrogen-bond donors (Lipinski definition) is 4. The van der Waals surface area contributed by atoms with Gasteiger partial charge in [0, 0.05) is 0 Å². The maximum absolute atomic E-state index is 10.5. The van der Waals surface area contributed by atoms with Gasteiger partial charge in [-0.25, -0.2) is 0 Å². The Bertz CT molecular complexity index is 843. The van der Waals surface area contributed by atoms with Crippen LogP contribution in [0.1, 0.15) is 66.0 Å². The number of rotatable bonds is 7. The molecule has 30 heavy (non-hydrogen) atoms. The number of ether oxygens (including phenoxy) is 1. The Kier molecular flexibility index (Phi) is 6.56. The molecule has 4 N–H and O–H groups in total. The summed E-state index contributed by atoms with van der Waals surface area (Å²) in [5.74, 6) is 0.586. The first-order valence-electron chi connectivity index (χ1n) is 11.0. The molecule has 1 aliphatic carbocycles. The molecule has 5 atom stereocenters. The molecule has 5 nitrogen and oxygen atoms in total. The second-order valence-corrected chi connectivity index (χ2v) is 8.73. The molecule has 1 heterocycles. The molecule has 162 valence electrons. The molecule has 2 aliphatic rings. The zero-order chi connectivity index (χ0) is 21.3. The Hall–Kier alpha value is -1.76. The van der Waals surface area contributed by atoms with E-state index in [-0.39, 0.29) is 0 Å². The minimum atomic E-state index is -1.36. The van der Waals surface area contributed by atoms with E-state index in [0.717, 1.165) is 24.8 Å². The van der Waals surface area contributed by atoms with E-state index < -0.39 is 37.1 Å². The van der Waals surface area contributed by atoms with E-state index in [1.807, 2.05) is 6.07 Å². The second-order valence-electron chi connectivity index (χ2n) is 8.73. The maximum atomic E-state index is 10.5. The summed E-state index contributed by atoms with van der Waals surface area (Å²) in [5, 5.41) is 40.2. The van der Waals surface area contributed by atoms with Gasteiger partial charge < -0.3 is 25.2 Å². The Labute approximate surface area is 178 Å². The van der Waals surface area contributed by atoms with Crippen molar-refractivity contribution < 1.29 is 25.2 Å². The molecule has 4 rings (SSSR count). The molecule has 2 fully saturated rings. The van der Waals surface area contributed by atoms with E-state index in [1.165, 1.54) is 35.1 Å². The quantitative estimate of drug-likeness (QED) is 0.561. The van der Waals surface area contributed by atoms with E-state index in [2.05, 4.69) is 43.3 Å². The Morgan fingerprint density at radius 3 is 2.23 bits per heavy atom. The molecule has 1 aliphatic heterocycles. The van der Waals surface area contributed by atoms with Crippen LogP contribution in [0, 0.1) is 0 Å². The largest absolute Gasteiger partial charge is 0.394 e. The Morgan fingerprint density at radius 1 is 0.900 bits per heavy atom. The molecule has 0 aromatic heterocycles. The molecule has 1 saturated heterocycles. The van der Waals surface area contributed by atoms with Crippen LogP contribution in [0.3, 0.4) is 0 Å². The van der Waals surface area contributed by atoms with Crippen LogP contribution in [-0.4, -0.2) is 51.4 Å². The van der Waals surface area contributed by atoms with E-state index >= 15 is 0 Å². The molecular formula is C25H32O5. The zero-order valence-electron chi connectivity index (χ0n) is 17.4. The summed E-state index contributed by atoms with van der Waals surface area (Å²) < 4.78 is 5.77. The summed E-state index contributed by atoms with van der Waals surface area (Å²) >= 11 is 0. The van der Waals surface area contributed by atoms with Crippen LogP contribution >= 0.6 is 0 Å². The van der Waals surface area contributed by atoms with Gasteiger partial charge in [-0.2, -0.15) is 0 Å². The fourth-order valence-corrected chi connectivity index (χ4v) is 4.46. The Morgan fingerprint density at radius 2 is 1.60 bits per heavy atom. The van der Waals surface area contributed by atoms with E-state index in [4.69, 9.17) is 4.74 Å². The highest BCUT2D eigenvalue weighted by atomic mass is 16.5. The van der Waals surface area contributed by atoms with Crippen molar-refractivity contribution in [1.82, 2.24) is 0 Å². The maximum Gasteiger partial charge on any atom is 0.113 e. The van der Waals surface area contributed by atoms with Gasteiger partial charge in [0.2, 0.25) is 0 Å². The lowest BCUT2D eigenvalue weighted by molar-refractivity contribution is -0.231. The van der Waals surface area contributed by atoms with Gasteiger partial charge in [0.15, 0.2) is 0 Å². The average molecular weight is 413 g/mol. The van der Waals surface area contributed by atoms with Gasteiger partial charge in [-0.1, -0.05) is 55.8 Å². The minimum absolute atomic E-state index is 0.418. The number of aliphatic hydroxyl groups is 4. The van der Waals surface area contributed by atoms with Crippen LogP contribution in [-0.2, 0) is 17.6 Å². The smallest absolute Gasteiger partial charge is 0.113 e. The molecule has 0 bridgehead atoms. The van der Waals surface area contributed by atoms with Crippen LogP contribution in [0.15, 0.2) is 42.5 Å². The lowest BCUT2D eigenvalue weighted by Gasteiger charge is -2.40. The molecule has 0 spiro atoms. The lowest BCUT2D eigenvalue weighted by Crippen LogP contribution is -2.55. The minimum Gasteiger partial charge on any atom is -0.394 e. The van der Waals surface area contributed by atoms with E-state index in [1.54, 1.807) is 0 Å². The first-order valence-corrected chi connectivity index (χ1v) is 11.0. The van der Waals surface area contributed by atoms with E-state index in [0.29, 0.717) is 5.92 Å². The Balaban J connectivity index is 1.61. The highest BCUT2D eigenvalue weighted by molar-refractivity contribution is 5.41. The summed E-state index contributed by atoms with van der Waals surface area (Å²) in [4.78, 5) is 0. The summed E-state index contributed by atoms with van der Waals surface area (Å²) in [6, 6.07) is 14.8. The van der Waals surface area contributed by atoms with Gasteiger partial charge in [-0.15, -0.1) is 0 Å². The van der Waals surface area contributed by atoms with Gasteiger partial charge >= 0.3 is 0 Å². The first-order chi connectivity index (χ1) is 14.5. The monoisotopic (exact) mass is 412 g/mol. The zero-order valence-corrected chi connectivity index (χ0v) is 17.4. The van der Waals surface area contributed by atoms with Crippen molar-refractivity contribution in [3.63, 3.8) is 0 Å². The van der Waals surface area contributed by atoms with Crippen molar-refractivity contribution >= 4 is 0 Å². The number of aliphatic hydroxyl groups excluding tert-OH is 4. The molecule has 5 heteroatoms. The average Bonchev–Trinajstić information content (AvgIpc) is 3.59. The predicted molar refractivity (Wildman–Crippen MR) is 114 cm³/mol. The van der Waals surface area contributed by atoms with Gasteiger partial charge in [0.1, 0.15) is 30.5 Å². The molecule has 1 saturated carbocycles. The van der Waals surface area contributed by atoms with Crippen LogP contribution < -0.4 is 0 Å². The van der Waals surface area contributed by atoms with Crippen molar-refractivity contribution in [3.8, 4) is 0 Å². The SMILES string of the molecule is CCCc1ccc(Cc2cc([C@@H]3O[C@H](CO)[C@@H](O)[C@H](O)[C@H]3O)ccc2C2CC2)cc1. The van der Waals surface area contributed by atoms with Crippen molar-refractivity contribution in [3.05, 3.63) is 70.3 Å². The third-order valence-corrected chi connectivity index (χ3v) is 6.36. The molecule has 2 aromatic carbocycles. The first kappa shape index (κ1) is 21.5. The van der Waals surface area contributed by atoms with Gasteiger partial charge in [-0.05, 0) is 59.4 Å². The van der Waals surface area contributed by atoms with Crippen molar-refractivity contribution in [2.75, 3.05) is 6.61 Å². The topological polar surface area (TPSA) is 90.2 Å². The van der Waals surface area contributed by atoms with E-state index in [9.17, 15) is 20.4 Å². The summed E-state index contributed by atoms with van der Waals surface area (Å²) in [7, 11) is 0. The highest BCUT2D eigenvalue weighted by Gasteiger charge is 2.44. The third kappa shape index (κ3) is 4.46. The third-order valence-electron chi connectivity index (χ3n) is 6.36.